The predicted molar refractivity (Wildman–Crippen MR) is 88.3 cm³/mol. The van der Waals surface area contributed by atoms with Crippen LogP contribution in [0.25, 0.3) is 12.2 Å². The highest BCUT2D eigenvalue weighted by Crippen LogP contribution is 2.28. The monoisotopic (exact) mass is 330 g/mol. The third-order valence-corrected chi connectivity index (χ3v) is 3.92. The van der Waals surface area contributed by atoms with E-state index in [2.05, 4.69) is 4.98 Å². The molecular formula is C17H18N2O5. The summed E-state index contributed by atoms with van der Waals surface area (Å²) in [6.45, 7) is -0.342. The number of nitrogens with zero attached hydrogens (tertiary/aromatic N) is 1. The van der Waals surface area contributed by atoms with Crippen LogP contribution in [0, 0.1) is 0 Å². The van der Waals surface area contributed by atoms with Gasteiger partial charge in [-0.2, -0.15) is 0 Å². The Kier molecular flexibility index (Phi) is 4.75. The SMILES string of the molecule is O=c1cc(/C=C/c2ccccc2)n([C@H]2C[C@H](O)[C@@H](CO)O2)c(=O)[nH]1. The molecule has 126 valence electrons. The lowest BCUT2D eigenvalue weighted by Gasteiger charge is -2.17. The van der Waals surface area contributed by atoms with Gasteiger partial charge in [-0.05, 0) is 11.6 Å². The first kappa shape index (κ1) is 16.4. The number of benzene rings is 1. The molecule has 1 aliphatic heterocycles. The highest BCUT2D eigenvalue weighted by atomic mass is 16.5. The molecule has 3 N–H and O–H groups in total. The normalized spacial score (nSPS) is 23.8. The molecule has 1 aromatic heterocycles. The second-order valence-corrected chi connectivity index (χ2v) is 5.59. The van der Waals surface area contributed by atoms with Gasteiger partial charge in [-0.1, -0.05) is 36.4 Å². The molecule has 0 bridgehead atoms. The van der Waals surface area contributed by atoms with Gasteiger partial charge in [0.05, 0.1) is 18.4 Å². The number of aromatic nitrogens is 2. The molecule has 7 nitrogen and oxygen atoms in total. The molecule has 1 saturated heterocycles. The maximum atomic E-state index is 12.2. The van der Waals surface area contributed by atoms with E-state index in [4.69, 9.17) is 4.74 Å². The van der Waals surface area contributed by atoms with Gasteiger partial charge in [0.15, 0.2) is 0 Å². The summed E-state index contributed by atoms with van der Waals surface area (Å²) in [5.41, 5.74) is 0.146. The van der Waals surface area contributed by atoms with Crippen molar-refractivity contribution < 1.29 is 14.9 Å². The first-order valence-corrected chi connectivity index (χ1v) is 7.62. The first-order valence-electron chi connectivity index (χ1n) is 7.62. The largest absolute Gasteiger partial charge is 0.394 e. The highest BCUT2D eigenvalue weighted by molar-refractivity contribution is 5.67. The third kappa shape index (κ3) is 3.38. The van der Waals surface area contributed by atoms with E-state index < -0.39 is 29.7 Å². The fraction of sp³-hybridized carbons (Fsp3) is 0.294. The summed E-state index contributed by atoms with van der Waals surface area (Å²) in [5.74, 6) is 0. The van der Waals surface area contributed by atoms with Crippen molar-refractivity contribution in [1.29, 1.82) is 0 Å². The van der Waals surface area contributed by atoms with E-state index in [0.29, 0.717) is 5.69 Å². The topological polar surface area (TPSA) is 105 Å². The summed E-state index contributed by atoms with van der Waals surface area (Å²) < 4.78 is 6.81. The van der Waals surface area contributed by atoms with E-state index >= 15 is 0 Å². The van der Waals surface area contributed by atoms with E-state index in [1.165, 1.54) is 10.6 Å². The summed E-state index contributed by atoms with van der Waals surface area (Å²) in [6.07, 6.45) is 1.21. The van der Waals surface area contributed by atoms with E-state index in [-0.39, 0.29) is 13.0 Å². The Bertz CT molecular complexity index is 840. The average Bonchev–Trinajstić information content (AvgIpc) is 2.93. The predicted octanol–water partition coefficient (Wildman–Crippen LogP) is 0.348. The molecule has 7 heteroatoms. The van der Waals surface area contributed by atoms with E-state index in [0.717, 1.165) is 5.56 Å². The zero-order chi connectivity index (χ0) is 17.1. The highest BCUT2D eigenvalue weighted by Gasteiger charge is 2.35. The average molecular weight is 330 g/mol. The van der Waals surface area contributed by atoms with Crippen LogP contribution in [-0.4, -0.2) is 38.6 Å². The van der Waals surface area contributed by atoms with Crippen LogP contribution in [0.4, 0.5) is 0 Å². The van der Waals surface area contributed by atoms with Crippen molar-refractivity contribution in [3.8, 4) is 0 Å². The molecule has 3 atom stereocenters. The molecule has 0 unspecified atom stereocenters. The van der Waals surface area contributed by atoms with Gasteiger partial charge in [0, 0.05) is 12.5 Å². The van der Waals surface area contributed by atoms with Crippen LogP contribution in [0.5, 0.6) is 0 Å². The Balaban J connectivity index is 1.99. The summed E-state index contributed by atoms with van der Waals surface area (Å²) in [7, 11) is 0. The number of nitrogens with one attached hydrogen (secondary N) is 1. The summed E-state index contributed by atoms with van der Waals surface area (Å²) in [5, 5.41) is 19.1. The second-order valence-electron chi connectivity index (χ2n) is 5.59. The van der Waals surface area contributed by atoms with Crippen LogP contribution in [0.1, 0.15) is 23.9 Å². The number of aliphatic hydroxyl groups is 2. The summed E-state index contributed by atoms with van der Waals surface area (Å²) in [4.78, 5) is 26.0. The van der Waals surface area contributed by atoms with Gasteiger partial charge in [0.1, 0.15) is 12.3 Å². The van der Waals surface area contributed by atoms with Gasteiger partial charge in [-0.15, -0.1) is 0 Å². The smallest absolute Gasteiger partial charge is 0.330 e. The molecule has 0 aliphatic carbocycles. The number of aliphatic hydroxyl groups excluding tert-OH is 2. The van der Waals surface area contributed by atoms with Crippen LogP contribution in [0.15, 0.2) is 46.0 Å². The molecule has 0 radical (unpaired) electrons. The van der Waals surface area contributed by atoms with Crippen molar-refractivity contribution in [3.05, 3.63) is 68.5 Å². The van der Waals surface area contributed by atoms with Crippen molar-refractivity contribution >= 4 is 12.2 Å². The molecule has 2 heterocycles. The van der Waals surface area contributed by atoms with E-state index in [1.54, 1.807) is 12.2 Å². The van der Waals surface area contributed by atoms with Crippen LogP contribution >= 0.6 is 0 Å². The number of ether oxygens (including phenoxy) is 1. The lowest BCUT2D eigenvalue weighted by Crippen LogP contribution is -2.34. The molecule has 24 heavy (non-hydrogen) atoms. The zero-order valence-electron chi connectivity index (χ0n) is 12.8. The summed E-state index contributed by atoms with van der Waals surface area (Å²) >= 11 is 0. The minimum absolute atomic E-state index is 0.156. The Morgan fingerprint density at radius 2 is 2.00 bits per heavy atom. The van der Waals surface area contributed by atoms with Crippen LogP contribution < -0.4 is 11.2 Å². The van der Waals surface area contributed by atoms with E-state index in [9.17, 15) is 19.8 Å². The molecule has 1 fully saturated rings. The molecular weight excluding hydrogens is 312 g/mol. The maximum Gasteiger partial charge on any atom is 0.330 e. The zero-order valence-corrected chi connectivity index (χ0v) is 12.8. The lowest BCUT2D eigenvalue weighted by atomic mass is 10.2. The number of rotatable bonds is 4. The second kappa shape index (κ2) is 6.96. The Labute approximate surface area is 137 Å². The van der Waals surface area contributed by atoms with Crippen molar-refractivity contribution in [3.63, 3.8) is 0 Å². The van der Waals surface area contributed by atoms with Gasteiger partial charge in [0.25, 0.3) is 5.56 Å². The van der Waals surface area contributed by atoms with Crippen molar-refractivity contribution in [1.82, 2.24) is 9.55 Å². The van der Waals surface area contributed by atoms with Gasteiger partial charge in [0.2, 0.25) is 0 Å². The van der Waals surface area contributed by atoms with Crippen LogP contribution in [0.2, 0.25) is 0 Å². The Morgan fingerprint density at radius 3 is 2.67 bits per heavy atom. The molecule has 3 rings (SSSR count). The molecule has 0 spiro atoms. The number of hydrogen-bond acceptors (Lipinski definition) is 5. The van der Waals surface area contributed by atoms with Gasteiger partial charge >= 0.3 is 5.69 Å². The molecule has 0 saturated carbocycles. The van der Waals surface area contributed by atoms with Crippen molar-refractivity contribution in [2.45, 2.75) is 24.9 Å². The Morgan fingerprint density at radius 1 is 1.25 bits per heavy atom. The number of aromatic amines is 1. The van der Waals surface area contributed by atoms with Crippen molar-refractivity contribution in [2.75, 3.05) is 6.61 Å². The molecule has 0 amide bonds. The van der Waals surface area contributed by atoms with Gasteiger partial charge in [-0.3, -0.25) is 14.3 Å². The Hall–Kier alpha value is -2.48. The number of hydrogen-bond donors (Lipinski definition) is 3. The van der Waals surface area contributed by atoms with Crippen LogP contribution in [-0.2, 0) is 4.74 Å². The summed E-state index contributed by atoms with van der Waals surface area (Å²) in [6, 6.07) is 10.7. The van der Waals surface area contributed by atoms with E-state index in [1.807, 2.05) is 30.3 Å². The third-order valence-electron chi connectivity index (χ3n) is 3.92. The molecule has 2 aromatic rings. The minimum atomic E-state index is -0.871. The molecule has 1 aliphatic rings. The fourth-order valence-electron chi connectivity index (χ4n) is 2.73. The van der Waals surface area contributed by atoms with Gasteiger partial charge < -0.3 is 14.9 Å². The fourth-order valence-corrected chi connectivity index (χ4v) is 2.73. The number of H-pyrrole nitrogens is 1. The van der Waals surface area contributed by atoms with Gasteiger partial charge in [-0.25, -0.2) is 4.79 Å². The standard InChI is InChI=1S/C17H18N2O5/c20-10-14-13(21)9-16(24-14)19-12(8-15(22)18-17(19)23)7-6-11-4-2-1-3-5-11/h1-8,13-14,16,20-21H,9-10H2,(H,18,22,23)/b7-6+/t13-,14+,16+/m0/s1. The van der Waals surface area contributed by atoms with Crippen molar-refractivity contribution in [2.24, 2.45) is 0 Å². The molecule has 1 aromatic carbocycles. The van der Waals surface area contributed by atoms with Crippen LogP contribution in [0.3, 0.4) is 0 Å². The lowest BCUT2D eigenvalue weighted by molar-refractivity contribution is -0.0461. The first-order chi connectivity index (χ1) is 11.6. The minimum Gasteiger partial charge on any atom is -0.394 e. The quantitative estimate of drug-likeness (QED) is 0.750. The maximum absolute atomic E-state index is 12.2.